The number of allylic oxidation sites excluding steroid dienone is 1. The topological polar surface area (TPSA) is 44.0 Å². The fraction of sp³-hybridized carbons (Fsp3) is 0.333. The predicted octanol–water partition coefficient (Wildman–Crippen LogP) is 5.46. The molecule has 0 fully saturated rings. The minimum Gasteiger partial charge on any atom is -0.823 e. The third kappa shape index (κ3) is 4.49. The highest BCUT2D eigenvalue weighted by Crippen LogP contribution is 2.41. The molecule has 1 aliphatic heterocycles. The van der Waals surface area contributed by atoms with Gasteiger partial charge >= 0.3 is 0 Å². The molecule has 1 atom stereocenters. The average molecular weight is 432 g/mol. The van der Waals surface area contributed by atoms with Gasteiger partial charge < -0.3 is 5.11 Å². The Bertz CT molecular complexity index is 1110. The first-order valence-electron chi connectivity index (χ1n) is 11.2. The second kappa shape index (κ2) is 9.61. The predicted molar refractivity (Wildman–Crippen MR) is 126 cm³/mol. The van der Waals surface area contributed by atoms with E-state index in [2.05, 4.69) is 31.2 Å². The average Bonchev–Trinajstić information content (AvgIpc) is 2.81. The van der Waals surface area contributed by atoms with Gasteiger partial charge in [0.1, 0.15) is 6.54 Å². The first-order valence-corrected chi connectivity index (χ1v) is 12.0. The fourth-order valence-corrected chi connectivity index (χ4v) is 6.05. The Labute approximate surface area is 188 Å². The largest absolute Gasteiger partial charge is 0.823 e. The van der Waals surface area contributed by atoms with Crippen molar-refractivity contribution in [3.05, 3.63) is 86.8 Å². The van der Waals surface area contributed by atoms with Crippen LogP contribution in [0.3, 0.4) is 0 Å². The third-order valence-corrected chi connectivity index (χ3v) is 7.70. The van der Waals surface area contributed by atoms with Gasteiger partial charge in [-0.2, -0.15) is 4.57 Å². The molecule has 3 nitrogen and oxygen atoms in total. The fourth-order valence-electron chi connectivity index (χ4n) is 4.71. The highest BCUT2D eigenvalue weighted by Gasteiger charge is 2.43. The normalized spacial score (nSPS) is 18.2. The lowest BCUT2D eigenvalue weighted by Gasteiger charge is -2.34. The van der Waals surface area contributed by atoms with E-state index in [1.807, 2.05) is 53.1 Å². The van der Waals surface area contributed by atoms with E-state index in [0.29, 0.717) is 12.1 Å². The molecule has 1 aliphatic rings. The molecule has 0 radical (unpaired) electrons. The summed E-state index contributed by atoms with van der Waals surface area (Å²) in [5.41, 5.74) is 2.19. The van der Waals surface area contributed by atoms with Crippen molar-refractivity contribution in [2.75, 3.05) is 0 Å². The third-order valence-electron chi connectivity index (χ3n) is 6.46. The summed E-state index contributed by atoms with van der Waals surface area (Å²) in [6, 6.07) is 19.7. The molecule has 0 spiro atoms. The van der Waals surface area contributed by atoms with Crippen LogP contribution < -0.4 is 14.4 Å². The van der Waals surface area contributed by atoms with Gasteiger partial charge in [0.15, 0.2) is 5.88 Å². The van der Waals surface area contributed by atoms with Crippen LogP contribution in [0.4, 0.5) is 0 Å². The molecule has 2 aromatic carbocycles. The van der Waals surface area contributed by atoms with Crippen LogP contribution in [0.5, 0.6) is 5.88 Å². The summed E-state index contributed by atoms with van der Waals surface area (Å²) in [5, 5.41) is 14.3. The number of hydrogen-bond donors (Lipinski definition) is 0. The van der Waals surface area contributed by atoms with Crippen molar-refractivity contribution in [1.82, 2.24) is 0 Å². The molecule has 160 valence electrons. The Kier molecular flexibility index (Phi) is 6.67. The molecule has 0 saturated carbocycles. The Hall–Kier alpha value is -2.72. The molecule has 0 aliphatic carbocycles. The Morgan fingerprint density at radius 2 is 1.81 bits per heavy atom. The van der Waals surface area contributed by atoms with Gasteiger partial charge in [0.05, 0.1) is 11.0 Å². The number of aromatic nitrogens is 1. The summed E-state index contributed by atoms with van der Waals surface area (Å²) >= 11 is 1.30. The molecule has 0 saturated heterocycles. The first kappa shape index (κ1) is 21.5. The zero-order valence-corrected chi connectivity index (χ0v) is 18.9. The molecule has 3 aromatic rings. The number of fused-ring (bicyclic) bond motifs is 1. The Morgan fingerprint density at radius 1 is 1.10 bits per heavy atom. The van der Waals surface area contributed by atoms with Gasteiger partial charge in [-0.15, -0.1) is 0 Å². The van der Waals surface area contributed by atoms with Gasteiger partial charge in [-0.25, -0.2) is 0 Å². The number of rotatable bonds is 7. The summed E-state index contributed by atoms with van der Waals surface area (Å²) in [7, 11) is 0. The van der Waals surface area contributed by atoms with Crippen LogP contribution in [0.25, 0.3) is 17.2 Å². The number of unbranched alkanes of at least 4 members (excludes halogenated alkanes) is 1. The number of nitrogens with zero attached hydrogens (tertiary/aromatic N) is 1. The van der Waals surface area contributed by atoms with Crippen molar-refractivity contribution in [2.24, 2.45) is 0 Å². The van der Waals surface area contributed by atoms with E-state index < -0.39 is 0 Å². The highest BCUT2D eigenvalue weighted by molar-refractivity contribution is 7.09. The molecule has 4 rings (SSSR count). The summed E-state index contributed by atoms with van der Waals surface area (Å²) in [4.78, 5) is 13.0. The minimum atomic E-state index is -0.119. The van der Waals surface area contributed by atoms with E-state index in [0.717, 1.165) is 49.1 Å². The van der Waals surface area contributed by atoms with E-state index in [1.54, 1.807) is 0 Å². The molecular formula is C27H29NO2S. The number of benzene rings is 2. The second-order valence-electron chi connectivity index (χ2n) is 8.34. The maximum atomic E-state index is 13.3. The summed E-state index contributed by atoms with van der Waals surface area (Å²) in [5.74, 6) is -0.119. The molecule has 0 amide bonds. The molecule has 31 heavy (non-hydrogen) atoms. The van der Waals surface area contributed by atoms with Gasteiger partial charge in [-0.1, -0.05) is 79.7 Å². The maximum Gasteiger partial charge on any atom is 0.251 e. The van der Waals surface area contributed by atoms with Gasteiger partial charge in [0.2, 0.25) is 5.01 Å². The standard InChI is InChI=1S/C27H29NO2S/c1-2-27(18-11-5-8-15-21-13-6-3-7-14-21)19-12-20-28-24(29)23(25(30)31-26(27)28)22-16-9-4-10-17-22/h3-4,6-10,13-17H,2,5,11-12,18-20H2,1H3/b15-8-. The van der Waals surface area contributed by atoms with Crippen LogP contribution in [-0.4, -0.2) is 0 Å². The van der Waals surface area contributed by atoms with Crippen molar-refractivity contribution in [3.8, 4) is 17.0 Å². The van der Waals surface area contributed by atoms with Crippen LogP contribution in [0, 0.1) is 0 Å². The lowest BCUT2D eigenvalue weighted by Crippen LogP contribution is -2.52. The monoisotopic (exact) mass is 431 g/mol. The van der Waals surface area contributed by atoms with Crippen molar-refractivity contribution in [1.29, 1.82) is 0 Å². The molecular weight excluding hydrogens is 402 g/mol. The zero-order chi connectivity index (χ0) is 21.7. The quantitative estimate of drug-likeness (QED) is 0.368. The van der Waals surface area contributed by atoms with Crippen molar-refractivity contribution in [3.63, 3.8) is 0 Å². The zero-order valence-electron chi connectivity index (χ0n) is 18.0. The van der Waals surface area contributed by atoms with E-state index in [9.17, 15) is 9.90 Å². The van der Waals surface area contributed by atoms with Gasteiger partial charge in [-0.05, 0) is 54.6 Å². The maximum absolute atomic E-state index is 13.3. The second-order valence-corrected chi connectivity index (χ2v) is 9.30. The van der Waals surface area contributed by atoms with Crippen molar-refractivity contribution < 1.29 is 9.67 Å². The Morgan fingerprint density at radius 3 is 2.52 bits per heavy atom. The van der Waals surface area contributed by atoms with E-state index in [-0.39, 0.29) is 16.0 Å². The molecule has 4 heteroatoms. The van der Waals surface area contributed by atoms with Crippen LogP contribution >= 0.6 is 11.3 Å². The van der Waals surface area contributed by atoms with Gasteiger partial charge in [-0.3, -0.25) is 4.79 Å². The minimum absolute atomic E-state index is 0.0724. The van der Waals surface area contributed by atoms with Crippen LogP contribution in [-0.2, 0) is 12.0 Å². The summed E-state index contributed by atoms with van der Waals surface area (Å²) in [6.45, 7) is 2.91. The summed E-state index contributed by atoms with van der Waals surface area (Å²) < 4.78 is 1.80. The molecule has 1 unspecified atom stereocenters. The van der Waals surface area contributed by atoms with Crippen molar-refractivity contribution >= 4 is 17.4 Å². The van der Waals surface area contributed by atoms with E-state index >= 15 is 0 Å². The van der Waals surface area contributed by atoms with E-state index in [1.165, 1.54) is 16.9 Å². The van der Waals surface area contributed by atoms with Crippen LogP contribution in [0.1, 0.15) is 56.0 Å². The molecule has 0 N–H and O–H groups in total. The van der Waals surface area contributed by atoms with Gasteiger partial charge in [0.25, 0.3) is 4.74 Å². The molecule has 1 aromatic heterocycles. The molecule has 2 heterocycles. The van der Waals surface area contributed by atoms with Gasteiger partial charge in [0, 0.05) is 6.42 Å². The lowest BCUT2D eigenvalue weighted by atomic mass is 9.75. The SMILES string of the molecule is CCC1(CCC/C=C\c2ccccc2)CCC[n+]2c1sc(=O)c(-c1ccccc1)c2[O-]. The smallest absolute Gasteiger partial charge is 0.251 e. The highest BCUT2D eigenvalue weighted by atomic mass is 32.1. The Balaban J connectivity index is 1.58. The summed E-state index contributed by atoms with van der Waals surface area (Å²) in [6.07, 6.45) is 10.4. The first-order chi connectivity index (χ1) is 15.1. The van der Waals surface area contributed by atoms with Crippen LogP contribution in [0.2, 0.25) is 0 Å². The van der Waals surface area contributed by atoms with Crippen molar-refractivity contribution in [2.45, 2.75) is 57.4 Å². The van der Waals surface area contributed by atoms with E-state index in [4.69, 9.17) is 0 Å². The lowest BCUT2D eigenvalue weighted by molar-refractivity contribution is -0.746. The number of hydrogen-bond acceptors (Lipinski definition) is 3. The molecule has 0 bridgehead atoms. The van der Waals surface area contributed by atoms with Crippen LogP contribution in [0.15, 0.2) is 71.5 Å².